The lowest BCUT2D eigenvalue weighted by Gasteiger charge is -2.26. The number of aryl methyl sites for hydroxylation is 2. The Hall–Kier alpha value is -3.20. The average Bonchev–Trinajstić information content (AvgIpc) is 2.83. The molecule has 0 atom stereocenters. The molecule has 34 heavy (non-hydrogen) atoms. The first kappa shape index (κ1) is 23.9. The van der Waals surface area contributed by atoms with Gasteiger partial charge >= 0.3 is 0 Å². The minimum atomic E-state index is -3.73. The Balaban J connectivity index is 1.37. The zero-order valence-electron chi connectivity index (χ0n) is 19.4. The molecule has 4 rings (SSSR count). The number of anilines is 2. The summed E-state index contributed by atoms with van der Waals surface area (Å²) >= 11 is 0. The molecule has 0 spiro atoms. The van der Waals surface area contributed by atoms with E-state index in [1.807, 2.05) is 32.0 Å². The zero-order chi connectivity index (χ0) is 24.1. The van der Waals surface area contributed by atoms with Gasteiger partial charge in [0, 0.05) is 36.6 Å². The minimum absolute atomic E-state index is 0.121. The first-order valence-corrected chi connectivity index (χ1v) is 12.7. The molecule has 8 heteroatoms. The Morgan fingerprint density at radius 1 is 0.882 bits per heavy atom. The fourth-order valence-electron chi connectivity index (χ4n) is 3.72. The SMILES string of the molecule is Cc1ccc(NS(=O)(=O)c2ccc(NC(=O)c3ccc(CN4CCOCC4)cc3)cc2)cc1C. The molecule has 0 unspecified atom stereocenters. The van der Waals surface area contributed by atoms with E-state index in [0.717, 1.165) is 49.5 Å². The molecular weight excluding hydrogens is 450 g/mol. The van der Waals surface area contributed by atoms with E-state index >= 15 is 0 Å². The number of sulfonamides is 1. The average molecular weight is 480 g/mol. The lowest BCUT2D eigenvalue weighted by molar-refractivity contribution is 0.0342. The first-order chi connectivity index (χ1) is 16.3. The number of carbonyl (C=O) groups excluding carboxylic acids is 1. The first-order valence-electron chi connectivity index (χ1n) is 11.2. The topological polar surface area (TPSA) is 87.7 Å². The molecule has 1 saturated heterocycles. The Labute approximate surface area is 200 Å². The number of amides is 1. The quantitative estimate of drug-likeness (QED) is 0.531. The summed E-state index contributed by atoms with van der Waals surface area (Å²) in [5, 5.41) is 2.82. The number of ether oxygens (including phenoxy) is 1. The predicted octanol–water partition coefficient (Wildman–Crippen LogP) is 4.19. The third-order valence-corrected chi connectivity index (χ3v) is 7.30. The third kappa shape index (κ3) is 6.02. The second-order valence-electron chi connectivity index (χ2n) is 8.47. The Morgan fingerprint density at radius 3 is 2.18 bits per heavy atom. The molecule has 0 aromatic heterocycles. The van der Waals surface area contributed by atoms with E-state index in [2.05, 4.69) is 14.9 Å². The van der Waals surface area contributed by atoms with Gasteiger partial charge in [-0.25, -0.2) is 8.42 Å². The smallest absolute Gasteiger partial charge is 0.261 e. The van der Waals surface area contributed by atoms with Crippen molar-refractivity contribution in [3.63, 3.8) is 0 Å². The number of morpholine rings is 1. The maximum Gasteiger partial charge on any atom is 0.261 e. The molecule has 7 nitrogen and oxygen atoms in total. The van der Waals surface area contributed by atoms with Crippen LogP contribution in [0.15, 0.2) is 71.6 Å². The highest BCUT2D eigenvalue weighted by Gasteiger charge is 2.15. The van der Waals surface area contributed by atoms with Gasteiger partial charge in [0.2, 0.25) is 0 Å². The molecule has 178 valence electrons. The summed E-state index contributed by atoms with van der Waals surface area (Å²) in [6, 6.07) is 19.1. The molecular formula is C26H29N3O4S. The van der Waals surface area contributed by atoms with E-state index in [9.17, 15) is 13.2 Å². The van der Waals surface area contributed by atoms with Gasteiger partial charge in [0.05, 0.1) is 18.1 Å². The van der Waals surface area contributed by atoms with Crippen molar-refractivity contribution in [1.29, 1.82) is 0 Å². The van der Waals surface area contributed by atoms with Crippen LogP contribution < -0.4 is 10.0 Å². The van der Waals surface area contributed by atoms with E-state index in [-0.39, 0.29) is 10.8 Å². The third-order valence-electron chi connectivity index (χ3n) is 5.91. The van der Waals surface area contributed by atoms with Gasteiger partial charge < -0.3 is 10.1 Å². The number of nitrogens with one attached hydrogen (secondary N) is 2. The minimum Gasteiger partial charge on any atom is -0.379 e. The number of hydrogen-bond acceptors (Lipinski definition) is 5. The normalized spacial score (nSPS) is 14.5. The summed E-state index contributed by atoms with van der Waals surface area (Å²) in [6.07, 6.45) is 0. The van der Waals surface area contributed by atoms with Crippen LogP contribution >= 0.6 is 0 Å². The van der Waals surface area contributed by atoms with Crippen LogP contribution in [0.1, 0.15) is 27.0 Å². The largest absolute Gasteiger partial charge is 0.379 e. The Kier molecular flexibility index (Phi) is 7.31. The van der Waals surface area contributed by atoms with E-state index in [4.69, 9.17) is 4.74 Å². The summed E-state index contributed by atoms with van der Waals surface area (Å²) in [4.78, 5) is 15.1. The van der Waals surface area contributed by atoms with Crippen molar-refractivity contribution in [3.05, 3.63) is 89.0 Å². The molecule has 1 heterocycles. The monoisotopic (exact) mass is 479 g/mol. The number of benzene rings is 3. The van der Waals surface area contributed by atoms with Crippen molar-refractivity contribution < 1.29 is 17.9 Å². The maximum absolute atomic E-state index is 12.7. The van der Waals surface area contributed by atoms with Gasteiger partial charge in [0.25, 0.3) is 15.9 Å². The van der Waals surface area contributed by atoms with E-state index in [1.54, 1.807) is 36.4 Å². The summed E-state index contributed by atoms with van der Waals surface area (Å²) in [5.74, 6) is -0.248. The van der Waals surface area contributed by atoms with Gasteiger partial charge in [-0.2, -0.15) is 0 Å². The maximum atomic E-state index is 12.7. The van der Waals surface area contributed by atoms with Gasteiger partial charge in [-0.15, -0.1) is 0 Å². The molecule has 0 aliphatic carbocycles. The van der Waals surface area contributed by atoms with Crippen molar-refractivity contribution in [2.45, 2.75) is 25.3 Å². The number of rotatable bonds is 7. The van der Waals surface area contributed by atoms with Gasteiger partial charge in [0.1, 0.15) is 0 Å². The predicted molar refractivity (Wildman–Crippen MR) is 134 cm³/mol. The molecule has 1 aliphatic heterocycles. The number of carbonyl (C=O) groups is 1. The molecule has 3 aromatic rings. The van der Waals surface area contributed by atoms with Crippen LogP contribution in [0.5, 0.6) is 0 Å². The fraction of sp³-hybridized carbons (Fsp3) is 0.269. The van der Waals surface area contributed by atoms with E-state index in [0.29, 0.717) is 16.9 Å². The second kappa shape index (κ2) is 10.4. The fourth-order valence-corrected chi connectivity index (χ4v) is 4.77. The van der Waals surface area contributed by atoms with Crippen LogP contribution in [0.4, 0.5) is 11.4 Å². The van der Waals surface area contributed by atoms with Crippen molar-refractivity contribution in [1.82, 2.24) is 4.90 Å². The van der Waals surface area contributed by atoms with Crippen LogP contribution in [0.3, 0.4) is 0 Å². The van der Waals surface area contributed by atoms with Crippen molar-refractivity contribution >= 4 is 27.3 Å². The molecule has 0 radical (unpaired) electrons. The van der Waals surface area contributed by atoms with E-state index < -0.39 is 10.0 Å². The molecule has 0 bridgehead atoms. The molecule has 1 amide bonds. The standard InChI is InChI=1S/C26H29N3O4S/c1-19-3-8-24(17-20(19)2)28-34(31,32)25-11-9-23(10-12-25)27-26(30)22-6-4-21(5-7-22)18-29-13-15-33-16-14-29/h3-12,17,28H,13-16,18H2,1-2H3,(H,27,30). The highest BCUT2D eigenvalue weighted by Crippen LogP contribution is 2.21. The molecule has 0 saturated carbocycles. The van der Waals surface area contributed by atoms with Crippen molar-refractivity contribution in [2.75, 3.05) is 36.3 Å². The Morgan fingerprint density at radius 2 is 1.53 bits per heavy atom. The highest BCUT2D eigenvalue weighted by molar-refractivity contribution is 7.92. The van der Waals surface area contributed by atoms with Gasteiger partial charge in [-0.05, 0) is 79.1 Å². The number of nitrogens with zero attached hydrogens (tertiary/aromatic N) is 1. The second-order valence-corrected chi connectivity index (χ2v) is 10.2. The number of hydrogen-bond donors (Lipinski definition) is 2. The summed E-state index contributed by atoms with van der Waals surface area (Å²) in [7, 11) is -3.73. The lowest BCUT2D eigenvalue weighted by atomic mass is 10.1. The summed E-state index contributed by atoms with van der Waals surface area (Å²) < 4.78 is 33.4. The molecule has 3 aromatic carbocycles. The van der Waals surface area contributed by atoms with Gasteiger partial charge in [-0.1, -0.05) is 18.2 Å². The molecule has 1 fully saturated rings. The van der Waals surface area contributed by atoms with E-state index in [1.165, 1.54) is 12.1 Å². The molecule has 1 aliphatic rings. The molecule has 2 N–H and O–H groups in total. The van der Waals surface area contributed by atoms with Crippen LogP contribution in [0.25, 0.3) is 0 Å². The van der Waals surface area contributed by atoms with Crippen LogP contribution in [0.2, 0.25) is 0 Å². The Bertz CT molecular complexity index is 1250. The summed E-state index contributed by atoms with van der Waals surface area (Å²) in [5.41, 5.74) is 4.82. The van der Waals surface area contributed by atoms with Gasteiger partial charge in [0.15, 0.2) is 0 Å². The van der Waals surface area contributed by atoms with Crippen molar-refractivity contribution in [3.8, 4) is 0 Å². The van der Waals surface area contributed by atoms with Crippen LogP contribution in [-0.2, 0) is 21.3 Å². The summed E-state index contributed by atoms with van der Waals surface area (Å²) in [6.45, 7) is 8.06. The zero-order valence-corrected chi connectivity index (χ0v) is 20.2. The van der Waals surface area contributed by atoms with Crippen LogP contribution in [0, 0.1) is 13.8 Å². The van der Waals surface area contributed by atoms with Crippen LogP contribution in [-0.4, -0.2) is 45.5 Å². The van der Waals surface area contributed by atoms with Gasteiger partial charge in [-0.3, -0.25) is 14.4 Å². The lowest BCUT2D eigenvalue weighted by Crippen LogP contribution is -2.35. The highest BCUT2D eigenvalue weighted by atomic mass is 32.2. The van der Waals surface area contributed by atoms with Crippen molar-refractivity contribution in [2.24, 2.45) is 0 Å².